The SMILES string of the molecule is CC1c2ccc(Oc3ncccn3)cc2OC(=O)N1Cc1cccc(NC(=O)OC(C)(C)C)c1F. The average molecular weight is 480 g/mol. The Morgan fingerprint density at radius 1 is 1.17 bits per heavy atom. The van der Waals surface area contributed by atoms with Gasteiger partial charge in [0, 0.05) is 29.6 Å². The van der Waals surface area contributed by atoms with Crippen LogP contribution in [-0.2, 0) is 11.3 Å². The Bertz CT molecular complexity index is 1250. The molecule has 0 spiro atoms. The maximum Gasteiger partial charge on any atom is 0.416 e. The molecule has 1 aromatic heterocycles. The zero-order chi connectivity index (χ0) is 25.2. The minimum Gasteiger partial charge on any atom is -0.444 e. The quantitative estimate of drug-likeness (QED) is 0.490. The maximum atomic E-state index is 15.2. The van der Waals surface area contributed by atoms with Crippen LogP contribution in [0.1, 0.15) is 44.9 Å². The number of hydrogen-bond acceptors (Lipinski definition) is 7. The van der Waals surface area contributed by atoms with Crippen molar-refractivity contribution in [1.82, 2.24) is 14.9 Å². The van der Waals surface area contributed by atoms with E-state index in [0.717, 1.165) is 5.56 Å². The van der Waals surface area contributed by atoms with Crippen molar-refractivity contribution in [2.45, 2.75) is 45.9 Å². The van der Waals surface area contributed by atoms with Gasteiger partial charge in [-0.2, -0.15) is 0 Å². The third-order valence-corrected chi connectivity index (χ3v) is 5.14. The van der Waals surface area contributed by atoms with Crippen LogP contribution >= 0.6 is 0 Å². The zero-order valence-electron chi connectivity index (χ0n) is 19.7. The van der Waals surface area contributed by atoms with E-state index in [4.69, 9.17) is 14.2 Å². The van der Waals surface area contributed by atoms with E-state index in [1.54, 1.807) is 69.6 Å². The molecule has 0 radical (unpaired) electrons. The number of carbonyl (C=O) groups is 2. The van der Waals surface area contributed by atoms with Crippen LogP contribution in [-0.4, -0.2) is 32.7 Å². The smallest absolute Gasteiger partial charge is 0.416 e. The number of anilines is 1. The highest BCUT2D eigenvalue weighted by Crippen LogP contribution is 2.38. The molecule has 0 saturated carbocycles. The molecule has 0 bridgehead atoms. The monoisotopic (exact) mass is 480 g/mol. The largest absolute Gasteiger partial charge is 0.444 e. The van der Waals surface area contributed by atoms with Crippen LogP contribution in [0.4, 0.5) is 19.7 Å². The molecule has 2 heterocycles. The zero-order valence-corrected chi connectivity index (χ0v) is 19.7. The van der Waals surface area contributed by atoms with E-state index < -0.39 is 29.6 Å². The summed E-state index contributed by atoms with van der Waals surface area (Å²) < 4.78 is 31.5. The van der Waals surface area contributed by atoms with E-state index in [2.05, 4.69) is 15.3 Å². The minimum absolute atomic E-state index is 0.0416. The fraction of sp³-hybridized carbons (Fsp3) is 0.280. The van der Waals surface area contributed by atoms with Gasteiger partial charge in [-0.25, -0.2) is 23.9 Å². The van der Waals surface area contributed by atoms with Gasteiger partial charge in [-0.3, -0.25) is 10.2 Å². The molecule has 1 atom stereocenters. The molecule has 1 aliphatic heterocycles. The second kappa shape index (κ2) is 9.57. The first kappa shape index (κ1) is 23.9. The lowest BCUT2D eigenvalue weighted by molar-refractivity contribution is 0.0635. The first-order valence-electron chi connectivity index (χ1n) is 11.0. The lowest BCUT2D eigenvalue weighted by Gasteiger charge is -2.34. The Hall–Kier alpha value is -4.21. The molecule has 0 aliphatic carbocycles. The first-order valence-corrected chi connectivity index (χ1v) is 11.0. The summed E-state index contributed by atoms with van der Waals surface area (Å²) in [5.41, 5.74) is 0.180. The van der Waals surface area contributed by atoms with Gasteiger partial charge in [0.05, 0.1) is 18.3 Å². The van der Waals surface area contributed by atoms with E-state index in [-0.39, 0.29) is 23.8 Å². The predicted octanol–water partition coefficient (Wildman–Crippen LogP) is 5.83. The van der Waals surface area contributed by atoms with Gasteiger partial charge in [-0.15, -0.1) is 0 Å². The van der Waals surface area contributed by atoms with Gasteiger partial charge >= 0.3 is 18.2 Å². The van der Waals surface area contributed by atoms with E-state index in [9.17, 15) is 9.59 Å². The number of nitrogens with zero attached hydrogens (tertiary/aromatic N) is 3. The van der Waals surface area contributed by atoms with Crippen LogP contribution < -0.4 is 14.8 Å². The Morgan fingerprint density at radius 2 is 1.91 bits per heavy atom. The molecule has 2 aromatic carbocycles. The van der Waals surface area contributed by atoms with Crippen molar-refractivity contribution >= 4 is 17.9 Å². The highest BCUT2D eigenvalue weighted by atomic mass is 19.1. The molecule has 35 heavy (non-hydrogen) atoms. The predicted molar refractivity (Wildman–Crippen MR) is 125 cm³/mol. The number of fused-ring (bicyclic) bond motifs is 1. The Labute approximate surface area is 201 Å². The number of ether oxygens (including phenoxy) is 3. The Kier molecular flexibility index (Phi) is 6.54. The normalized spacial score (nSPS) is 15.2. The third-order valence-electron chi connectivity index (χ3n) is 5.14. The second-order valence-corrected chi connectivity index (χ2v) is 8.91. The number of benzene rings is 2. The van der Waals surface area contributed by atoms with Crippen LogP contribution in [0.3, 0.4) is 0 Å². The number of halogens is 1. The highest BCUT2D eigenvalue weighted by Gasteiger charge is 2.33. The molecule has 4 rings (SSSR count). The number of nitrogens with one attached hydrogen (secondary N) is 1. The van der Waals surface area contributed by atoms with Gasteiger partial charge in [0.15, 0.2) is 5.82 Å². The summed E-state index contributed by atoms with van der Waals surface area (Å²) in [5.74, 6) is 0.0964. The summed E-state index contributed by atoms with van der Waals surface area (Å²) >= 11 is 0. The summed E-state index contributed by atoms with van der Waals surface area (Å²) in [7, 11) is 0. The molecule has 0 saturated heterocycles. The van der Waals surface area contributed by atoms with Gasteiger partial charge in [-0.05, 0) is 52.0 Å². The molecular weight excluding hydrogens is 455 g/mol. The molecule has 1 N–H and O–H groups in total. The van der Waals surface area contributed by atoms with Crippen molar-refractivity contribution in [3.8, 4) is 17.5 Å². The van der Waals surface area contributed by atoms with Crippen molar-refractivity contribution in [3.63, 3.8) is 0 Å². The van der Waals surface area contributed by atoms with E-state index in [1.807, 2.05) is 6.92 Å². The number of hydrogen-bond donors (Lipinski definition) is 1. The maximum absolute atomic E-state index is 15.2. The summed E-state index contributed by atoms with van der Waals surface area (Å²) in [6.45, 7) is 6.90. The van der Waals surface area contributed by atoms with Crippen molar-refractivity contribution in [1.29, 1.82) is 0 Å². The van der Waals surface area contributed by atoms with Crippen LogP contribution in [0, 0.1) is 5.82 Å². The van der Waals surface area contributed by atoms with E-state index in [1.165, 1.54) is 11.0 Å². The van der Waals surface area contributed by atoms with Gasteiger partial charge in [0.1, 0.15) is 17.1 Å². The van der Waals surface area contributed by atoms with Crippen molar-refractivity contribution in [2.24, 2.45) is 0 Å². The molecule has 10 heteroatoms. The third kappa shape index (κ3) is 5.65. The Balaban J connectivity index is 1.50. The summed E-state index contributed by atoms with van der Waals surface area (Å²) in [6.07, 6.45) is 1.70. The molecule has 0 fully saturated rings. The number of rotatable bonds is 5. The summed E-state index contributed by atoms with van der Waals surface area (Å²) in [6, 6.07) is 11.1. The van der Waals surface area contributed by atoms with Crippen LogP contribution in [0.5, 0.6) is 17.5 Å². The summed E-state index contributed by atoms with van der Waals surface area (Å²) in [5, 5.41) is 2.41. The molecule has 182 valence electrons. The van der Waals surface area contributed by atoms with Crippen LogP contribution in [0.15, 0.2) is 54.9 Å². The fourth-order valence-electron chi connectivity index (χ4n) is 3.53. The van der Waals surface area contributed by atoms with Crippen molar-refractivity contribution in [2.75, 3.05) is 5.32 Å². The first-order chi connectivity index (χ1) is 16.6. The van der Waals surface area contributed by atoms with E-state index in [0.29, 0.717) is 11.5 Å². The lowest BCUT2D eigenvalue weighted by Crippen LogP contribution is -2.39. The van der Waals surface area contributed by atoms with Gasteiger partial charge in [0.25, 0.3) is 0 Å². The highest BCUT2D eigenvalue weighted by molar-refractivity contribution is 5.85. The van der Waals surface area contributed by atoms with Crippen LogP contribution in [0.25, 0.3) is 0 Å². The molecule has 3 aromatic rings. The standard InChI is InChI=1S/C25H25FN4O5/c1-15-18-10-9-17(33-22-27-11-6-12-28-22)13-20(18)34-24(32)30(15)14-16-7-5-8-19(21(16)26)29-23(31)35-25(2,3)4/h5-13,15H,14H2,1-4H3,(H,29,31). The molecule has 2 amide bonds. The van der Waals surface area contributed by atoms with Crippen molar-refractivity contribution < 1.29 is 28.2 Å². The number of aromatic nitrogens is 2. The molecule has 1 unspecified atom stereocenters. The minimum atomic E-state index is -0.771. The fourth-order valence-corrected chi connectivity index (χ4v) is 3.53. The Morgan fingerprint density at radius 3 is 2.63 bits per heavy atom. The van der Waals surface area contributed by atoms with Gasteiger partial charge in [-0.1, -0.05) is 12.1 Å². The van der Waals surface area contributed by atoms with Crippen LogP contribution in [0.2, 0.25) is 0 Å². The summed E-state index contributed by atoms with van der Waals surface area (Å²) in [4.78, 5) is 34.3. The number of carbonyl (C=O) groups excluding carboxylic acids is 2. The van der Waals surface area contributed by atoms with Gasteiger partial charge in [0.2, 0.25) is 0 Å². The molecule has 1 aliphatic rings. The number of amides is 2. The molecule has 9 nitrogen and oxygen atoms in total. The lowest BCUT2D eigenvalue weighted by atomic mass is 10.0. The topological polar surface area (TPSA) is 103 Å². The van der Waals surface area contributed by atoms with E-state index >= 15 is 4.39 Å². The second-order valence-electron chi connectivity index (χ2n) is 8.91. The molecular formula is C25H25FN4O5. The van der Waals surface area contributed by atoms with Gasteiger partial charge < -0.3 is 14.2 Å². The average Bonchev–Trinajstić information content (AvgIpc) is 2.78. The van der Waals surface area contributed by atoms with Crippen molar-refractivity contribution in [3.05, 3.63) is 71.8 Å².